The summed E-state index contributed by atoms with van der Waals surface area (Å²) in [6.45, 7) is 1.83. The van der Waals surface area contributed by atoms with Gasteiger partial charge in [-0.05, 0) is 6.92 Å². The van der Waals surface area contributed by atoms with Crippen molar-refractivity contribution in [2.75, 3.05) is 6.61 Å². The van der Waals surface area contributed by atoms with E-state index in [-0.39, 0.29) is 6.61 Å². The lowest BCUT2D eigenvalue weighted by atomic mass is 10.2. The first-order valence-corrected chi connectivity index (χ1v) is 3.78. The molecule has 1 unspecified atom stereocenters. The third-order valence-electron chi connectivity index (χ3n) is 1.07. The highest BCUT2D eigenvalue weighted by Gasteiger charge is 2.07. The lowest BCUT2D eigenvalue weighted by Crippen LogP contribution is -2.21. The summed E-state index contributed by atoms with van der Waals surface area (Å²) in [5, 5.41) is 0. The van der Waals surface area contributed by atoms with Gasteiger partial charge in [0.2, 0.25) is 6.43 Å². The van der Waals surface area contributed by atoms with Crippen LogP contribution in [-0.4, -0.2) is 25.0 Å². The van der Waals surface area contributed by atoms with Crippen molar-refractivity contribution in [1.82, 2.24) is 0 Å². The maximum absolute atomic E-state index is 11.7. The van der Waals surface area contributed by atoms with Crippen LogP contribution in [0.5, 0.6) is 0 Å². The molecule has 0 aliphatic rings. The first kappa shape index (κ1) is 11.8. The average Bonchev–Trinajstić information content (AvgIpc) is 2.00. The number of alkyl halides is 2. The fraction of sp³-hybridized carbons (Fsp3) is 0.625. The Kier molecular flexibility index (Phi) is 5.81. The number of nitrogens with two attached hydrogens (primary N) is 1. The SMILES string of the molecule is CCOC(=O)C#CC(N)CC(F)F. The average molecular weight is 191 g/mol. The fourth-order valence-corrected chi connectivity index (χ4v) is 0.570. The number of esters is 1. The minimum absolute atomic E-state index is 0.206. The van der Waals surface area contributed by atoms with Gasteiger partial charge < -0.3 is 10.5 Å². The molecule has 0 saturated carbocycles. The van der Waals surface area contributed by atoms with Crippen LogP contribution >= 0.6 is 0 Å². The van der Waals surface area contributed by atoms with Crippen LogP contribution in [0.4, 0.5) is 8.78 Å². The molecule has 3 nitrogen and oxygen atoms in total. The van der Waals surface area contributed by atoms with E-state index >= 15 is 0 Å². The predicted octanol–water partition coefficient (Wildman–Crippen LogP) is 0.535. The third kappa shape index (κ3) is 7.22. The minimum Gasteiger partial charge on any atom is -0.456 e. The molecule has 0 fully saturated rings. The van der Waals surface area contributed by atoms with E-state index in [1.807, 2.05) is 5.92 Å². The van der Waals surface area contributed by atoms with E-state index in [0.29, 0.717) is 0 Å². The Hall–Kier alpha value is -1.15. The molecule has 0 amide bonds. The van der Waals surface area contributed by atoms with E-state index < -0.39 is 24.9 Å². The minimum atomic E-state index is -2.51. The summed E-state index contributed by atoms with van der Waals surface area (Å²) >= 11 is 0. The van der Waals surface area contributed by atoms with E-state index in [0.717, 1.165) is 0 Å². The van der Waals surface area contributed by atoms with Crippen molar-refractivity contribution in [1.29, 1.82) is 0 Å². The van der Waals surface area contributed by atoms with E-state index in [9.17, 15) is 13.6 Å². The van der Waals surface area contributed by atoms with E-state index in [4.69, 9.17) is 5.73 Å². The topological polar surface area (TPSA) is 52.3 Å². The van der Waals surface area contributed by atoms with Crippen molar-refractivity contribution in [3.8, 4) is 11.8 Å². The van der Waals surface area contributed by atoms with Crippen molar-refractivity contribution >= 4 is 5.97 Å². The zero-order valence-corrected chi connectivity index (χ0v) is 7.22. The van der Waals surface area contributed by atoms with Gasteiger partial charge in [-0.2, -0.15) is 0 Å². The second-order valence-electron chi connectivity index (χ2n) is 2.22. The Morgan fingerprint density at radius 1 is 1.62 bits per heavy atom. The maximum Gasteiger partial charge on any atom is 0.384 e. The van der Waals surface area contributed by atoms with Crippen LogP contribution in [-0.2, 0) is 9.53 Å². The Morgan fingerprint density at radius 2 is 2.23 bits per heavy atom. The molecule has 0 rings (SSSR count). The molecule has 5 heteroatoms. The van der Waals surface area contributed by atoms with Gasteiger partial charge >= 0.3 is 5.97 Å². The normalized spacial score (nSPS) is 11.8. The van der Waals surface area contributed by atoms with Crippen molar-refractivity contribution in [2.24, 2.45) is 5.73 Å². The lowest BCUT2D eigenvalue weighted by Gasteiger charge is -2.00. The summed E-state index contributed by atoms with van der Waals surface area (Å²) in [4.78, 5) is 10.6. The Balaban J connectivity index is 3.87. The van der Waals surface area contributed by atoms with Gasteiger partial charge in [-0.1, -0.05) is 5.92 Å². The van der Waals surface area contributed by atoms with Gasteiger partial charge in [-0.25, -0.2) is 13.6 Å². The number of halogens is 2. The molecule has 0 radical (unpaired) electrons. The number of carbonyl (C=O) groups is 1. The second kappa shape index (κ2) is 6.38. The van der Waals surface area contributed by atoms with Gasteiger partial charge in [-0.3, -0.25) is 0 Å². The molecule has 0 aliphatic carbocycles. The summed E-state index contributed by atoms with van der Waals surface area (Å²) in [6, 6.07) is -0.982. The molecule has 74 valence electrons. The van der Waals surface area contributed by atoms with E-state index in [1.165, 1.54) is 0 Å². The van der Waals surface area contributed by atoms with E-state index in [1.54, 1.807) is 6.92 Å². The molecule has 1 atom stereocenters. The van der Waals surface area contributed by atoms with Crippen LogP contribution in [0.25, 0.3) is 0 Å². The van der Waals surface area contributed by atoms with Gasteiger partial charge in [0.05, 0.1) is 12.6 Å². The summed E-state index contributed by atoms with van der Waals surface area (Å²) in [7, 11) is 0. The molecular weight excluding hydrogens is 180 g/mol. The number of rotatable bonds is 3. The van der Waals surface area contributed by atoms with Crippen molar-refractivity contribution in [3.63, 3.8) is 0 Å². The van der Waals surface area contributed by atoms with Crippen LogP contribution in [0.15, 0.2) is 0 Å². The quantitative estimate of drug-likeness (QED) is 0.402. The molecule has 0 aliphatic heterocycles. The second-order valence-corrected chi connectivity index (χ2v) is 2.22. The molecule has 2 N–H and O–H groups in total. The molecule has 0 heterocycles. The summed E-state index contributed by atoms with van der Waals surface area (Å²) in [5.41, 5.74) is 5.16. The summed E-state index contributed by atoms with van der Waals surface area (Å²) in [5.74, 6) is 3.45. The van der Waals surface area contributed by atoms with Gasteiger partial charge in [0.15, 0.2) is 0 Å². The molecule has 0 aromatic rings. The zero-order valence-electron chi connectivity index (χ0n) is 7.22. The molecule has 0 spiro atoms. The highest BCUT2D eigenvalue weighted by Crippen LogP contribution is 2.00. The first-order valence-electron chi connectivity index (χ1n) is 3.78. The Labute approximate surface area is 75.2 Å². The molecule has 13 heavy (non-hydrogen) atoms. The van der Waals surface area contributed by atoms with Gasteiger partial charge in [0.1, 0.15) is 0 Å². The summed E-state index contributed by atoms with van der Waals surface area (Å²) in [6.07, 6.45) is -3.04. The molecule has 0 aromatic heterocycles. The van der Waals surface area contributed by atoms with Crippen LogP contribution in [0.3, 0.4) is 0 Å². The number of carbonyl (C=O) groups excluding carboxylic acids is 1. The predicted molar refractivity (Wildman–Crippen MR) is 43.0 cm³/mol. The number of ether oxygens (including phenoxy) is 1. The van der Waals surface area contributed by atoms with Crippen molar-refractivity contribution in [2.45, 2.75) is 25.8 Å². The monoisotopic (exact) mass is 191 g/mol. The van der Waals surface area contributed by atoms with E-state index in [2.05, 4.69) is 10.7 Å². The van der Waals surface area contributed by atoms with Crippen molar-refractivity contribution < 1.29 is 18.3 Å². The zero-order chi connectivity index (χ0) is 10.3. The largest absolute Gasteiger partial charge is 0.456 e. The van der Waals surface area contributed by atoms with Crippen LogP contribution in [0.2, 0.25) is 0 Å². The Morgan fingerprint density at radius 3 is 2.69 bits per heavy atom. The third-order valence-corrected chi connectivity index (χ3v) is 1.07. The van der Waals surface area contributed by atoms with Crippen LogP contribution in [0, 0.1) is 11.8 Å². The standard InChI is InChI=1S/C8H11F2NO2/c1-2-13-8(12)4-3-6(11)5-7(9)10/h6-7H,2,5,11H2,1H3. The van der Waals surface area contributed by atoms with Crippen molar-refractivity contribution in [3.05, 3.63) is 0 Å². The number of hydrogen-bond donors (Lipinski definition) is 1. The molecule has 0 bridgehead atoms. The molecule has 0 aromatic carbocycles. The Bertz CT molecular complexity index is 220. The number of hydrogen-bond acceptors (Lipinski definition) is 3. The first-order chi connectivity index (χ1) is 6.06. The highest BCUT2D eigenvalue weighted by atomic mass is 19.3. The van der Waals surface area contributed by atoms with Crippen LogP contribution in [0.1, 0.15) is 13.3 Å². The van der Waals surface area contributed by atoms with Gasteiger partial charge in [-0.15, -0.1) is 0 Å². The smallest absolute Gasteiger partial charge is 0.384 e. The van der Waals surface area contributed by atoms with Gasteiger partial charge in [0.25, 0.3) is 0 Å². The summed E-state index contributed by atoms with van der Waals surface area (Å²) < 4.78 is 27.8. The molecular formula is C8H11F2NO2. The van der Waals surface area contributed by atoms with Crippen LogP contribution < -0.4 is 5.73 Å². The maximum atomic E-state index is 11.7. The fourth-order valence-electron chi connectivity index (χ4n) is 0.570. The highest BCUT2D eigenvalue weighted by molar-refractivity contribution is 5.88. The molecule has 0 saturated heterocycles. The lowest BCUT2D eigenvalue weighted by molar-refractivity contribution is -0.136. The van der Waals surface area contributed by atoms with Gasteiger partial charge in [0, 0.05) is 12.3 Å².